The van der Waals surface area contributed by atoms with E-state index in [4.69, 9.17) is 9.47 Å². The highest BCUT2D eigenvalue weighted by atomic mass is 19.4. The SMILES string of the molecule is CCOC(Cc1ccc(OCCN(CCCc2ccccc2)C(=O)Nc2ccc(C(F)(F)F)cc2)cc1)C(=O)O. The van der Waals surface area contributed by atoms with Gasteiger partial charge in [0.1, 0.15) is 12.4 Å². The molecule has 0 aliphatic heterocycles. The predicted molar refractivity (Wildman–Crippen MR) is 145 cm³/mol. The van der Waals surface area contributed by atoms with Crippen LogP contribution in [0.1, 0.15) is 30.0 Å². The Kier molecular flexibility index (Phi) is 11.4. The molecule has 214 valence electrons. The van der Waals surface area contributed by atoms with Crippen molar-refractivity contribution < 1.29 is 37.3 Å². The second-order valence-electron chi connectivity index (χ2n) is 9.06. The second-order valence-corrected chi connectivity index (χ2v) is 9.06. The van der Waals surface area contributed by atoms with E-state index in [0.717, 1.165) is 29.7 Å². The molecule has 10 heteroatoms. The molecule has 1 unspecified atom stereocenters. The molecule has 0 saturated carbocycles. The van der Waals surface area contributed by atoms with E-state index in [1.165, 1.54) is 12.1 Å². The van der Waals surface area contributed by atoms with Crippen molar-refractivity contribution in [1.82, 2.24) is 4.90 Å². The largest absolute Gasteiger partial charge is 0.492 e. The number of anilines is 1. The molecule has 0 bridgehead atoms. The molecule has 0 fully saturated rings. The molecule has 2 N–H and O–H groups in total. The van der Waals surface area contributed by atoms with Gasteiger partial charge in [-0.2, -0.15) is 13.2 Å². The Bertz CT molecular complexity index is 1200. The van der Waals surface area contributed by atoms with Gasteiger partial charge in [-0.25, -0.2) is 9.59 Å². The van der Waals surface area contributed by atoms with Crippen molar-refractivity contribution in [3.63, 3.8) is 0 Å². The summed E-state index contributed by atoms with van der Waals surface area (Å²) in [4.78, 5) is 25.9. The number of carbonyl (C=O) groups is 2. The number of carboxylic acids is 1. The van der Waals surface area contributed by atoms with E-state index in [0.29, 0.717) is 25.3 Å². The van der Waals surface area contributed by atoms with Gasteiger partial charge in [0.2, 0.25) is 0 Å². The van der Waals surface area contributed by atoms with Crippen LogP contribution < -0.4 is 10.1 Å². The molecule has 3 rings (SSSR count). The van der Waals surface area contributed by atoms with Crippen molar-refractivity contribution in [1.29, 1.82) is 0 Å². The number of aliphatic carboxylic acids is 1. The summed E-state index contributed by atoms with van der Waals surface area (Å²) < 4.78 is 49.7. The number of alkyl halides is 3. The Labute approximate surface area is 231 Å². The highest BCUT2D eigenvalue weighted by molar-refractivity contribution is 5.89. The number of hydrogen-bond acceptors (Lipinski definition) is 4. The number of ether oxygens (including phenoxy) is 2. The lowest BCUT2D eigenvalue weighted by atomic mass is 10.1. The fourth-order valence-corrected chi connectivity index (χ4v) is 4.01. The van der Waals surface area contributed by atoms with E-state index in [-0.39, 0.29) is 25.3 Å². The molecule has 3 aromatic carbocycles. The first-order valence-corrected chi connectivity index (χ1v) is 13.0. The van der Waals surface area contributed by atoms with Crippen LogP contribution in [-0.2, 0) is 28.5 Å². The van der Waals surface area contributed by atoms with E-state index in [2.05, 4.69) is 5.32 Å². The number of carboxylic acid groups (broad SMARTS) is 1. The van der Waals surface area contributed by atoms with Gasteiger partial charge in [-0.15, -0.1) is 0 Å². The number of halogens is 3. The normalized spacial score (nSPS) is 12.0. The third-order valence-corrected chi connectivity index (χ3v) is 6.10. The van der Waals surface area contributed by atoms with E-state index in [1.54, 1.807) is 36.1 Å². The van der Waals surface area contributed by atoms with Gasteiger partial charge >= 0.3 is 18.2 Å². The van der Waals surface area contributed by atoms with Gasteiger partial charge in [-0.05, 0) is 67.3 Å². The van der Waals surface area contributed by atoms with Crippen LogP contribution in [0.5, 0.6) is 5.75 Å². The number of hydrogen-bond donors (Lipinski definition) is 2. The number of carbonyl (C=O) groups excluding carboxylic acids is 1. The third kappa shape index (κ3) is 9.92. The van der Waals surface area contributed by atoms with Crippen LogP contribution in [0.3, 0.4) is 0 Å². The average molecular weight is 559 g/mol. The van der Waals surface area contributed by atoms with Gasteiger partial charge in [0.05, 0.1) is 12.1 Å². The first-order valence-electron chi connectivity index (χ1n) is 13.0. The standard InChI is InChI=1S/C30H33F3N2O5/c1-2-39-27(28(36)37)21-23-10-16-26(17-11-23)40-20-19-35(18-6-9-22-7-4-3-5-8-22)29(38)34-25-14-12-24(13-15-25)30(31,32)33/h3-5,7-8,10-17,27H,2,6,9,18-21H2,1H3,(H,34,38)(H,36,37). The zero-order chi connectivity index (χ0) is 29.0. The predicted octanol–water partition coefficient (Wildman–Crippen LogP) is 6.28. The summed E-state index contributed by atoms with van der Waals surface area (Å²) in [5.74, 6) is -0.469. The highest BCUT2D eigenvalue weighted by Gasteiger charge is 2.30. The minimum absolute atomic E-state index is 0.182. The average Bonchev–Trinajstić information content (AvgIpc) is 2.93. The summed E-state index contributed by atoms with van der Waals surface area (Å²) in [7, 11) is 0. The summed E-state index contributed by atoms with van der Waals surface area (Å²) in [6, 6.07) is 20.7. The molecule has 3 aromatic rings. The number of urea groups is 1. The minimum Gasteiger partial charge on any atom is -0.492 e. The molecule has 1 atom stereocenters. The maximum atomic E-state index is 13.0. The Morgan fingerprint density at radius 2 is 1.60 bits per heavy atom. The first-order chi connectivity index (χ1) is 19.2. The molecular weight excluding hydrogens is 525 g/mol. The molecule has 2 amide bonds. The van der Waals surface area contributed by atoms with Crippen molar-refractivity contribution >= 4 is 17.7 Å². The Morgan fingerprint density at radius 3 is 2.20 bits per heavy atom. The topological polar surface area (TPSA) is 88.1 Å². The summed E-state index contributed by atoms with van der Waals surface area (Å²) >= 11 is 0. The summed E-state index contributed by atoms with van der Waals surface area (Å²) in [6.07, 6.45) is -3.72. The summed E-state index contributed by atoms with van der Waals surface area (Å²) in [6.45, 7) is 2.88. The minimum atomic E-state index is -4.46. The number of benzene rings is 3. The zero-order valence-electron chi connectivity index (χ0n) is 22.2. The molecule has 0 aliphatic carbocycles. The van der Waals surface area contributed by atoms with Crippen LogP contribution in [0.15, 0.2) is 78.9 Å². The molecule has 0 aliphatic rings. The highest BCUT2D eigenvalue weighted by Crippen LogP contribution is 2.29. The molecular formula is C30H33F3N2O5. The summed E-state index contributed by atoms with van der Waals surface area (Å²) in [5.41, 5.74) is 1.39. The van der Waals surface area contributed by atoms with Crippen molar-refractivity contribution in [3.05, 3.63) is 95.6 Å². The van der Waals surface area contributed by atoms with Crippen molar-refractivity contribution in [2.24, 2.45) is 0 Å². The summed E-state index contributed by atoms with van der Waals surface area (Å²) in [5, 5.41) is 11.9. The van der Waals surface area contributed by atoms with Crippen LogP contribution in [0, 0.1) is 0 Å². The number of nitrogens with zero attached hydrogens (tertiary/aromatic N) is 1. The van der Waals surface area contributed by atoms with Gasteiger partial charge in [-0.1, -0.05) is 42.5 Å². The van der Waals surface area contributed by atoms with E-state index < -0.39 is 29.8 Å². The maximum absolute atomic E-state index is 13.0. The van der Waals surface area contributed by atoms with E-state index >= 15 is 0 Å². The lowest BCUT2D eigenvalue weighted by molar-refractivity contribution is -0.150. The van der Waals surface area contributed by atoms with Crippen molar-refractivity contribution in [2.45, 2.75) is 38.5 Å². The fourth-order valence-electron chi connectivity index (χ4n) is 4.01. The molecule has 0 spiro atoms. The van der Waals surface area contributed by atoms with Crippen molar-refractivity contribution in [3.8, 4) is 5.75 Å². The number of amides is 2. The molecule has 7 nitrogen and oxygen atoms in total. The number of nitrogens with one attached hydrogen (secondary N) is 1. The van der Waals surface area contributed by atoms with Gasteiger partial charge in [0, 0.05) is 25.3 Å². The van der Waals surface area contributed by atoms with E-state index in [1.807, 2.05) is 30.3 Å². The van der Waals surface area contributed by atoms with Crippen LogP contribution in [0.25, 0.3) is 0 Å². The van der Waals surface area contributed by atoms with E-state index in [9.17, 15) is 27.9 Å². The Balaban J connectivity index is 1.58. The van der Waals surface area contributed by atoms with Crippen LogP contribution >= 0.6 is 0 Å². The molecule has 0 radical (unpaired) electrons. The van der Waals surface area contributed by atoms with Gasteiger partial charge in [-0.3, -0.25) is 0 Å². The van der Waals surface area contributed by atoms with Gasteiger partial charge in [0.25, 0.3) is 0 Å². The zero-order valence-corrected chi connectivity index (χ0v) is 22.2. The number of rotatable bonds is 14. The Morgan fingerprint density at radius 1 is 0.925 bits per heavy atom. The fraction of sp³-hybridized carbons (Fsp3) is 0.333. The Hall–Kier alpha value is -4.05. The first kappa shape index (κ1) is 30.5. The van der Waals surface area contributed by atoms with Crippen molar-refractivity contribution in [2.75, 3.05) is 31.6 Å². The monoisotopic (exact) mass is 558 g/mol. The molecule has 0 saturated heterocycles. The second kappa shape index (κ2) is 14.9. The lowest BCUT2D eigenvalue weighted by Gasteiger charge is -2.23. The van der Waals surface area contributed by atoms with Crippen LogP contribution in [0.4, 0.5) is 23.7 Å². The molecule has 0 aromatic heterocycles. The number of aryl methyl sites for hydroxylation is 1. The van der Waals surface area contributed by atoms with Gasteiger partial charge < -0.3 is 24.8 Å². The third-order valence-electron chi connectivity index (χ3n) is 6.10. The molecule has 40 heavy (non-hydrogen) atoms. The van der Waals surface area contributed by atoms with Crippen LogP contribution in [0.2, 0.25) is 0 Å². The van der Waals surface area contributed by atoms with Crippen LogP contribution in [-0.4, -0.2) is 54.4 Å². The quantitative estimate of drug-likeness (QED) is 0.243. The smallest absolute Gasteiger partial charge is 0.416 e. The molecule has 0 heterocycles. The maximum Gasteiger partial charge on any atom is 0.416 e. The van der Waals surface area contributed by atoms with Gasteiger partial charge in [0.15, 0.2) is 6.10 Å². The lowest BCUT2D eigenvalue weighted by Crippen LogP contribution is -2.38.